The molecule has 0 saturated carbocycles. The van der Waals surface area contributed by atoms with Crippen LogP contribution in [0.25, 0.3) is 10.9 Å². The Kier molecular flexibility index (Phi) is 5.07. The van der Waals surface area contributed by atoms with E-state index in [4.69, 9.17) is 9.47 Å². The standard InChI is InChI=1S/C21H23N3O3/c1-26-18-6-3-15(4-7-18)2-5-16-12-17(24-8-10-27-11-9-24)13-19-20(16)21(25)23-14-22-19/h3-4,6-7,12-14H,2,5,8-11H2,1H3,(H,22,23,25). The zero-order valence-corrected chi connectivity index (χ0v) is 15.4. The molecule has 1 aromatic heterocycles. The van der Waals surface area contributed by atoms with Gasteiger partial charge in [0.2, 0.25) is 0 Å². The molecule has 0 unspecified atom stereocenters. The van der Waals surface area contributed by atoms with Crippen LogP contribution in [0.1, 0.15) is 11.1 Å². The lowest BCUT2D eigenvalue weighted by molar-refractivity contribution is 0.122. The zero-order chi connectivity index (χ0) is 18.6. The number of aryl methyl sites for hydroxylation is 2. The SMILES string of the molecule is COc1ccc(CCc2cc(N3CCOCC3)cc3nc[nH]c(=O)c23)cc1. The minimum Gasteiger partial charge on any atom is -0.497 e. The molecule has 0 bridgehead atoms. The number of nitrogens with one attached hydrogen (secondary N) is 1. The lowest BCUT2D eigenvalue weighted by Crippen LogP contribution is -2.36. The van der Waals surface area contributed by atoms with Crippen molar-refractivity contribution >= 4 is 16.6 Å². The molecule has 140 valence electrons. The fourth-order valence-corrected chi connectivity index (χ4v) is 3.54. The van der Waals surface area contributed by atoms with Gasteiger partial charge in [0.15, 0.2) is 0 Å². The maximum Gasteiger partial charge on any atom is 0.258 e. The summed E-state index contributed by atoms with van der Waals surface area (Å²) in [6, 6.07) is 12.2. The number of H-pyrrole nitrogens is 1. The van der Waals surface area contributed by atoms with Crippen molar-refractivity contribution in [2.24, 2.45) is 0 Å². The van der Waals surface area contributed by atoms with E-state index in [0.29, 0.717) is 5.39 Å². The van der Waals surface area contributed by atoms with Gasteiger partial charge in [-0.25, -0.2) is 4.98 Å². The summed E-state index contributed by atoms with van der Waals surface area (Å²) in [4.78, 5) is 21.8. The van der Waals surface area contributed by atoms with Crippen LogP contribution in [0.5, 0.6) is 5.75 Å². The molecule has 0 aliphatic carbocycles. The molecule has 4 rings (SSSR count). The van der Waals surface area contributed by atoms with Crippen LogP contribution in [0, 0.1) is 0 Å². The largest absolute Gasteiger partial charge is 0.497 e. The van der Waals surface area contributed by atoms with Gasteiger partial charge in [-0.05, 0) is 48.2 Å². The van der Waals surface area contributed by atoms with Gasteiger partial charge in [-0.15, -0.1) is 0 Å². The van der Waals surface area contributed by atoms with Crippen molar-refractivity contribution < 1.29 is 9.47 Å². The van der Waals surface area contributed by atoms with Gasteiger partial charge in [0.25, 0.3) is 5.56 Å². The van der Waals surface area contributed by atoms with Crippen molar-refractivity contribution in [2.45, 2.75) is 12.8 Å². The van der Waals surface area contributed by atoms with Crippen LogP contribution in [-0.4, -0.2) is 43.4 Å². The summed E-state index contributed by atoms with van der Waals surface area (Å²) in [7, 11) is 1.66. The maximum absolute atomic E-state index is 12.4. The molecule has 0 atom stereocenters. The highest BCUT2D eigenvalue weighted by Gasteiger charge is 2.15. The fraction of sp³-hybridized carbons (Fsp3) is 0.333. The Labute approximate surface area is 157 Å². The predicted molar refractivity (Wildman–Crippen MR) is 106 cm³/mol. The van der Waals surface area contributed by atoms with Crippen molar-refractivity contribution in [1.29, 1.82) is 0 Å². The van der Waals surface area contributed by atoms with E-state index < -0.39 is 0 Å². The molecule has 1 aliphatic heterocycles. The second kappa shape index (κ2) is 7.80. The zero-order valence-electron chi connectivity index (χ0n) is 15.4. The highest BCUT2D eigenvalue weighted by atomic mass is 16.5. The van der Waals surface area contributed by atoms with Gasteiger partial charge in [-0.2, -0.15) is 0 Å². The second-order valence-electron chi connectivity index (χ2n) is 6.68. The van der Waals surface area contributed by atoms with Crippen LogP contribution in [0.2, 0.25) is 0 Å². The number of aromatic amines is 1. The van der Waals surface area contributed by atoms with Crippen molar-refractivity contribution in [2.75, 3.05) is 38.3 Å². The average Bonchev–Trinajstić information content (AvgIpc) is 2.73. The van der Waals surface area contributed by atoms with Crippen LogP contribution >= 0.6 is 0 Å². The number of fused-ring (bicyclic) bond motifs is 1. The van der Waals surface area contributed by atoms with Gasteiger partial charge in [-0.1, -0.05) is 12.1 Å². The first-order valence-electron chi connectivity index (χ1n) is 9.20. The number of methoxy groups -OCH3 is 1. The molecule has 27 heavy (non-hydrogen) atoms. The van der Waals surface area contributed by atoms with Crippen LogP contribution in [0.4, 0.5) is 5.69 Å². The Hall–Kier alpha value is -2.86. The summed E-state index contributed by atoms with van der Waals surface area (Å²) in [5.74, 6) is 0.846. The van der Waals surface area contributed by atoms with E-state index in [9.17, 15) is 4.79 Å². The molecular weight excluding hydrogens is 342 g/mol. The molecule has 1 fully saturated rings. The highest BCUT2D eigenvalue weighted by molar-refractivity contribution is 5.85. The Balaban J connectivity index is 1.67. The maximum atomic E-state index is 12.4. The summed E-state index contributed by atoms with van der Waals surface area (Å²) in [6.45, 7) is 3.16. The third-order valence-corrected chi connectivity index (χ3v) is 5.03. The predicted octanol–water partition coefficient (Wildman–Crippen LogP) is 2.55. The van der Waals surface area contributed by atoms with Crippen LogP contribution < -0.4 is 15.2 Å². The quantitative estimate of drug-likeness (QED) is 0.753. The molecule has 1 aliphatic rings. The van der Waals surface area contributed by atoms with Crippen molar-refractivity contribution in [3.05, 3.63) is 64.2 Å². The van der Waals surface area contributed by atoms with Crippen LogP contribution in [0.3, 0.4) is 0 Å². The Bertz CT molecular complexity index is 976. The number of hydrogen-bond acceptors (Lipinski definition) is 5. The number of aromatic nitrogens is 2. The lowest BCUT2D eigenvalue weighted by atomic mass is 10.00. The third-order valence-electron chi connectivity index (χ3n) is 5.03. The van der Waals surface area contributed by atoms with E-state index in [1.807, 2.05) is 18.2 Å². The van der Waals surface area contributed by atoms with Crippen LogP contribution in [0.15, 0.2) is 47.5 Å². The minimum absolute atomic E-state index is 0.0849. The van der Waals surface area contributed by atoms with Crippen molar-refractivity contribution in [3.8, 4) is 5.75 Å². The lowest BCUT2D eigenvalue weighted by Gasteiger charge is -2.29. The first-order valence-corrected chi connectivity index (χ1v) is 9.20. The molecule has 3 aromatic rings. The Morgan fingerprint density at radius 3 is 2.67 bits per heavy atom. The second-order valence-corrected chi connectivity index (χ2v) is 6.68. The van der Waals surface area contributed by atoms with Crippen molar-refractivity contribution in [1.82, 2.24) is 9.97 Å². The molecule has 0 amide bonds. The highest BCUT2D eigenvalue weighted by Crippen LogP contribution is 2.25. The number of anilines is 1. The van der Waals surface area contributed by atoms with Gasteiger partial charge in [0.1, 0.15) is 5.75 Å². The van der Waals surface area contributed by atoms with E-state index in [1.165, 1.54) is 11.9 Å². The summed E-state index contributed by atoms with van der Waals surface area (Å²) in [5.41, 5.74) is 4.00. The number of nitrogens with zero attached hydrogens (tertiary/aromatic N) is 2. The summed E-state index contributed by atoms with van der Waals surface area (Å²) in [5, 5.41) is 0.683. The monoisotopic (exact) mass is 365 g/mol. The van der Waals surface area contributed by atoms with E-state index in [0.717, 1.165) is 61.7 Å². The van der Waals surface area contributed by atoms with Gasteiger partial charge >= 0.3 is 0 Å². The number of morpholine rings is 1. The molecular formula is C21H23N3O3. The number of ether oxygens (including phenoxy) is 2. The molecule has 1 saturated heterocycles. The topological polar surface area (TPSA) is 67.5 Å². The molecule has 1 N–H and O–H groups in total. The first kappa shape index (κ1) is 17.5. The van der Waals surface area contributed by atoms with Crippen LogP contribution in [-0.2, 0) is 17.6 Å². The average molecular weight is 365 g/mol. The van der Waals surface area contributed by atoms with Crippen molar-refractivity contribution in [3.63, 3.8) is 0 Å². The molecule has 0 radical (unpaired) electrons. The first-order chi connectivity index (χ1) is 13.2. The van der Waals surface area contributed by atoms with Gasteiger partial charge in [0, 0.05) is 18.8 Å². The number of rotatable bonds is 5. The molecule has 6 nitrogen and oxygen atoms in total. The van der Waals surface area contributed by atoms with Gasteiger partial charge in [-0.3, -0.25) is 4.79 Å². The fourth-order valence-electron chi connectivity index (χ4n) is 3.54. The third kappa shape index (κ3) is 3.80. The molecule has 6 heteroatoms. The van der Waals surface area contributed by atoms with E-state index in [1.54, 1.807) is 7.11 Å². The summed E-state index contributed by atoms with van der Waals surface area (Å²) >= 11 is 0. The van der Waals surface area contributed by atoms with E-state index >= 15 is 0 Å². The summed E-state index contributed by atoms with van der Waals surface area (Å²) in [6.07, 6.45) is 3.09. The molecule has 2 aromatic carbocycles. The number of benzene rings is 2. The van der Waals surface area contributed by atoms with Gasteiger partial charge in [0.05, 0.1) is 37.6 Å². The normalized spacial score (nSPS) is 14.5. The minimum atomic E-state index is -0.0849. The molecule has 2 heterocycles. The van der Waals surface area contributed by atoms with Gasteiger partial charge < -0.3 is 19.4 Å². The number of hydrogen-bond donors (Lipinski definition) is 1. The summed E-state index contributed by atoms with van der Waals surface area (Å²) < 4.78 is 10.7. The Morgan fingerprint density at radius 1 is 1.15 bits per heavy atom. The van der Waals surface area contributed by atoms with E-state index in [2.05, 4.69) is 33.1 Å². The molecule has 0 spiro atoms. The van der Waals surface area contributed by atoms with E-state index in [-0.39, 0.29) is 5.56 Å². The smallest absolute Gasteiger partial charge is 0.258 e. The Morgan fingerprint density at radius 2 is 1.93 bits per heavy atom.